The van der Waals surface area contributed by atoms with Crippen molar-refractivity contribution in [3.8, 4) is 0 Å². The first kappa shape index (κ1) is 10.4. The Morgan fingerprint density at radius 2 is 1.71 bits per heavy atom. The predicted octanol–water partition coefficient (Wildman–Crippen LogP) is 0.363. The number of rotatable bonds is 4. The molecular formula is C11H23N3. The third kappa shape index (κ3) is 3.23. The summed E-state index contributed by atoms with van der Waals surface area (Å²) in [6.07, 6.45) is 4.28. The number of hydrogen-bond donors (Lipinski definition) is 1. The lowest BCUT2D eigenvalue weighted by atomic mass is 10.3. The average Bonchev–Trinajstić information content (AvgIpc) is 2.97. The van der Waals surface area contributed by atoms with E-state index in [1.165, 1.54) is 52.0 Å². The quantitative estimate of drug-likeness (QED) is 0.706. The second-order valence-corrected chi connectivity index (χ2v) is 4.73. The van der Waals surface area contributed by atoms with Crippen LogP contribution in [0.4, 0.5) is 0 Å². The maximum atomic E-state index is 5.58. The van der Waals surface area contributed by atoms with Crippen molar-refractivity contribution in [1.82, 2.24) is 9.80 Å². The molecular weight excluding hydrogens is 174 g/mol. The molecule has 0 atom stereocenters. The molecule has 3 heteroatoms. The van der Waals surface area contributed by atoms with E-state index in [4.69, 9.17) is 5.73 Å². The highest BCUT2D eigenvalue weighted by Gasteiger charge is 2.25. The van der Waals surface area contributed by atoms with Crippen LogP contribution in [-0.2, 0) is 0 Å². The van der Waals surface area contributed by atoms with E-state index in [2.05, 4.69) is 9.80 Å². The van der Waals surface area contributed by atoms with Gasteiger partial charge in [0.15, 0.2) is 0 Å². The summed E-state index contributed by atoms with van der Waals surface area (Å²) in [5, 5.41) is 0. The highest BCUT2D eigenvalue weighted by Crippen LogP contribution is 2.29. The van der Waals surface area contributed by atoms with E-state index in [1.807, 2.05) is 0 Å². The first-order valence-corrected chi connectivity index (χ1v) is 6.03. The van der Waals surface area contributed by atoms with Gasteiger partial charge in [0.2, 0.25) is 0 Å². The minimum absolute atomic E-state index is 0.808. The summed E-state index contributed by atoms with van der Waals surface area (Å²) in [5.41, 5.74) is 5.58. The predicted molar refractivity (Wildman–Crippen MR) is 59.3 cm³/mol. The van der Waals surface area contributed by atoms with Crippen molar-refractivity contribution >= 4 is 0 Å². The molecule has 2 fully saturated rings. The lowest BCUT2D eigenvalue weighted by Crippen LogP contribution is -2.34. The molecule has 0 aromatic rings. The topological polar surface area (TPSA) is 32.5 Å². The van der Waals surface area contributed by atoms with E-state index >= 15 is 0 Å². The molecule has 14 heavy (non-hydrogen) atoms. The van der Waals surface area contributed by atoms with Crippen molar-refractivity contribution in [2.45, 2.75) is 19.3 Å². The zero-order valence-electron chi connectivity index (χ0n) is 9.12. The summed E-state index contributed by atoms with van der Waals surface area (Å²) in [4.78, 5) is 5.15. The van der Waals surface area contributed by atoms with E-state index in [0.29, 0.717) is 0 Å². The smallest absolute Gasteiger partial charge is 0.0110 e. The molecule has 2 rings (SSSR count). The monoisotopic (exact) mass is 197 g/mol. The zero-order valence-corrected chi connectivity index (χ0v) is 9.12. The Balaban J connectivity index is 1.69. The second-order valence-electron chi connectivity index (χ2n) is 4.73. The lowest BCUT2D eigenvalue weighted by Gasteiger charge is -2.21. The van der Waals surface area contributed by atoms with Crippen LogP contribution in [0.1, 0.15) is 19.3 Å². The van der Waals surface area contributed by atoms with Crippen molar-refractivity contribution in [3.05, 3.63) is 0 Å². The van der Waals surface area contributed by atoms with Crippen LogP contribution in [-0.4, -0.2) is 55.6 Å². The molecule has 82 valence electrons. The number of nitrogens with two attached hydrogens (primary N) is 1. The summed E-state index contributed by atoms with van der Waals surface area (Å²) in [7, 11) is 0. The highest BCUT2D eigenvalue weighted by atomic mass is 15.2. The Kier molecular flexibility index (Phi) is 3.79. The summed E-state index contributed by atoms with van der Waals surface area (Å²) < 4.78 is 0. The average molecular weight is 197 g/mol. The fraction of sp³-hybridized carbons (Fsp3) is 1.00. The van der Waals surface area contributed by atoms with Gasteiger partial charge < -0.3 is 15.5 Å². The van der Waals surface area contributed by atoms with Gasteiger partial charge in [0.1, 0.15) is 0 Å². The molecule has 1 saturated heterocycles. The molecule has 1 saturated carbocycles. The van der Waals surface area contributed by atoms with E-state index in [-0.39, 0.29) is 0 Å². The van der Waals surface area contributed by atoms with Gasteiger partial charge in [-0.05, 0) is 38.3 Å². The van der Waals surface area contributed by atoms with Crippen molar-refractivity contribution in [2.75, 3.05) is 45.8 Å². The van der Waals surface area contributed by atoms with Crippen LogP contribution in [0.5, 0.6) is 0 Å². The molecule has 1 aliphatic heterocycles. The molecule has 0 bridgehead atoms. The van der Waals surface area contributed by atoms with Crippen molar-refractivity contribution in [1.29, 1.82) is 0 Å². The van der Waals surface area contributed by atoms with Crippen LogP contribution in [0.2, 0.25) is 0 Å². The fourth-order valence-electron chi connectivity index (χ4n) is 2.28. The van der Waals surface area contributed by atoms with Gasteiger partial charge in [-0.3, -0.25) is 0 Å². The molecule has 3 nitrogen and oxygen atoms in total. The molecule has 0 aromatic carbocycles. The van der Waals surface area contributed by atoms with Crippen molar-refractivity contribution in [3.63, 3.8) is 0 Å². The van der Waals surface area contributed by atoms with Gasteiger partial charge in [-0.15, -0.1) is 0 Å². The minimum atomic E-state index is 0.808. The van der Waals surface area contributed by atoms with Crippen LogP contribution in [0.25, 0.3) is 0 Å². The SMILES string of the molecule is NCCN1CCCN(CC2CC2)CC1. The third-order valence-corrected chi connectivity index (χ3v) is 3.34. The van der Waals surface area contributed by atoms with Gasteiger partial charge >= 0.3 is 0 Å². The van der Waals surface area contributed by atoms with Crippen molar-refractivity contribution < 1.29 is 0 Å². The van der Waals surface area contributed by atoms with Crippen LogP contribution in [0.15, 0.2) is 0 Å². The van der Waals surface area contributed by atoms with Gasteiger partial charge in [-0.2, -0.15) is 0 Å². The fourth-order valence-corrected chi connectivity index (χ4v) is 2.28. The largest absolute Gasteiger partial charge is 0.329 e. The highest BCUT2D eigenvalue weighted by molar-refractivity contribution is 4.79. The first-order chi connectivity index (χ1) is 6.88. The van der Waals surface area contributed by atoms with Gasteiger partial charge in [0, 0.05) is 32.7 Å². The van der Waals surface area contributed by atoms with E-state index in [0.717, 1.165) is 19.0 Å². The maximum Gasteiger partial charge on any atom is 0.0110 e. The summed E-state index contributed by atoms with van der Waals surface area (Å²) in [6, 6.07) is 0. The third-order valence-electron chi connectivity index (χ3n) is 3.34. The molecule has 2 aliphatic rings. The van der Waals surface area contributed by atoms with Crippen LogP contribution in [0, 0.1) is 5.92 Å². The van der Waals surface area contributed by atoms with E-state index in [9.17, 15) is 0 Å². The Hall–Kier alpha value is -0.120. The van der Waals surface area contributed by atoms with Crippen LogP contribution >= 0.6 is 0 Å². The maximum absolute atomic E-state index is 5.58. The van der Waals surface area contributed by atoms with Gasteiger partial charge in [-0.25, -0.2) is 0 Å². The number of nitrogens with zero attached hydrogens (tertiary/aromatic N) is 2. The zero-order chi connectivity index (χ0) is 9.80. The van der Waals surface area contributed by atoms with Gasteiger partial charge in [-0.1, -0.05) is 0 Å². The van der Waals surface area contributed by atoms with E-state index in [1.54, 1.807) is 0 Å². The molecule has 0 spiro atoms. The molecule has 2 N–H and O–H groups in total. The normalized spacial score (nSPS) is 26.4. The van der Waals surface area contributed by atoms with Gasteiger partial charge in [0.25, 0.3) is 0 Å². The minimum Gasteiger partial charge on any atom is -0.329 e. The Bertz CT molecular complexity index is 168. The summed E-state index contributed by atoms with van der Waals surface area (Å²) >= 11 is 0. The molecule has 0 aromatic heterocycles. The van der Waals surface area contributed by atoms with Crippen LogP contribution < -0.4 is 5.73 Å². The Labute approximate surface area is 87.2 Å². The Morgan fingerprint density at radius 1 is 1.00 bits per heavy atom. The molecule has 0 radical (unpaired) electrons. The summed E-state index contributed by atoms with van der Waals surface area (Å²) in [5.74, 6) is 1.04. The molecule has 0 amide bonds. The standard InChI is InChI=1S/C11H23N3/c12-4-7-13-5-1-6-14(9-8-13)10-11-2-3-11/h11H,1-10,12H2. The van der Waals surface area contributed by atoms with Gasteiger partial charge in [0.05, 0.1) is 0 Å². The summed E-state index contributed by atoms with van der Waals surface area (Å²) in [6.45, 7) is 8.28. The Morgan fingerprint density at radius 3 is 2.43 bits per heavy atom. The lowest BCUT2D eigenvalue weighted by molar-refractivity contribution is 0.253. The first-order valence-electron chi connectivity index (χ1n) is 6.03. The van der Waals surface area contributed by atoms with E-state index < -0.39 is 0 Å². The second kappa shape index (κ2) is 5.10. The number of hydrogen-bond acceptors (Lipinski definition) is 3. The molecule has 1 heterocycles. The molecule has 1 aliphatic carbocycles. The van der Waals surface area contributed by atoms with Crippen LogP contribution in [0.3, 0.4) is 0 Å². The molecule has 0 unspecified atom stereocenters. The van der Waals surface area contributed by atoms with Crippen molar-refractivity contribution in [2.24, 2.45) is 11.7 Å².